The lowest BCUT2D eigenvalue weighted by Gasteiger charge is -2.23. The van der Waals surface area contributed by atoms with Gasteiger partial charge in [0.1, 0.15) is 5.75 Å². The highest BCUT2D eigenvalue weighted by molar-refractivity contribution is 5.93. The highest BCUT2D eigenvalue weighted by Crippen LogP contribution is 2.22. The van der Waals surface area contributed by atoms with Crippen LogP contribution in [0.5, 0.6) is 5.75 Å². The molecule has 11 heteroatoms. The Hall–Kier alpha value is -2.13. The number of hydrogen-bond acceptors (Lipinski definition) is 2. The third kappa shape index (κ3) is 8.30. The van der Waals surface area contributed by atoms with E-state index in [9.17, 15) is 13.2 Å². The van der Waals surface area contributed by atoms with E-state index in [-0.39, 0.29) is 49.0 Å². The zero-order valence-electron chi connectivity index (χ0n) is 13.6. The summed E-state index contributed by atoms with van der Waals surface area (Å²) in [5, 5.41) is 0. The summed E-state index contributed by atoms with van der Waals surface area (Å²) in [5.74, 6) is 0.0100. The molecule has 0 amide bonds. The molecule has 0 radical (unpaired) electrons. The van der Waals surface area contributed by atoms with E-state index in [2.05, 4.69) is 20.8 Å². The summed E-state index contributed by atoms with van der Waals surface area (Å²) in [6.07, 6.45) is 0.233. The number of nitrogens with two attached hydrogens (primary N) is 2. The van der Waals surface area contributed by atoms with Gasteiger partial charge in [-0.1, -0.05) is 24.3 Å². The minimum atomic E-state index is -4.71. The van der Waals surface area contributed by atoms with E-state index in [4.69, 9.17) is 11.5 Å². The first-order chi connectivity index (χ1) is 11.3. The Morgan fingerprint density at radius 1 is 1.12 bits per heavy atom. The fourth-order valence-corrected chi connectivity index (χ4v) is 2.04. The molecule has 146 valence electrons. The molecule has 1 aliphatic heterocycles. The lowest BCUT2D eigenvalue weighted by molar-refractivity contribution is -0.274. The number of benzene rings is 1. The molecule has 1 heterocycles. The minimum absolute atomic E-state index is 0. The summed E-state index contributed by atoms with van der Waals surface area (Å²) in [4.78, 5) is 9.94. The summed E-state index contributed by atoms with van der Waals surface area (Å²) in [7, 11) is 0. The van der Waals surface area contributed by atoms with Gasteiger partial charge in [-0.25, -0.2) is 4.99 Å². The summed E-state index contributed by atoms with van der Waals surface area (Å²) in [5.41, 5.74) is 12.2. The van der Waals surface area contributed by atoms with Crippen LogP contribution < -0.4 is 16.2 Å². The number of hydrogen-bond donors (Lipinski definition) is 2. The Balaban J connectivity index is 0.00000312. The molecular formula is C15H20Cl2F3N5O. The molecule has 4 N–H and O–H groups in total. The van der Waals surface area contributed by atoms with Gasteiger partial charge in [0.25, 0.3) is 0 Å². The van der Waals surface area contributed by atoms with Crippen LogP contribution >= 0.6 is 24.8 Å². The summed E-state index contributed by atoms with van der Waals surface area (Å²) >= 11 is 0. The summed E-state index contributed by atoms with van der Waals surface area (Å²) in [6, 6.07) is 5.37. The van der Waals surface area contributed by atoms with Crippen LogP contribution in [0.15, 0.2) is 46.4 Å². The van der Waals surface area contributed by atoms with Crippen molar-refractivity contribution >= 4 is 36.7 Å². The van der Waals surface area contributed by atoms with Gasteiger partial charge >= 0.3 is 6.36 Å². The second-order valence-corrected chi connectivity index (χ2v) is 5.04. The smallest absolute Gasteiger partial charge is 0.406 e. The molecule has 0 aromatic heterocycles. The first kappa shape index (κ1) is 23.9. The molecule has 2 rings (SSSR count). The molecule has 0 unspecified atom stereocenters. The van der Waals surface area contributed by atoms with Gasteiger partial charge in [-0.3, -0.25) is 0 Å². The first-order valence-electron chi connectivity index (χ1n) is 7.22. The van der Waals surface area contributed by atoms with E-state index in [1.54, 1.807) is 0 Å². The van der Waals surface area contributed by atoms with Crippen molar-refractivity contribution in [3.8, 4) is 5.75 Å². The van der Waals surface area contributed by atoms with E-state index in [0.717, 1.165) is 13.0 Å². The molecule has 0 atom stereocenters. The average Bonchev–Trinajstić information content (AvgIpc) is 2.53. The molecule has 0 bridgehead atoms. The van der Waals surface area contributed by atoms with E-state index in [0.29, 0.717) is 12.1 Å². The van der Waals surface area contributed by atoms with Crippen molar-refractivity contribution in [3.05, 3.63) is 42.0 Å². The molecule has 1 aromatic carbocycles. The zero-order valence-corrected chi connectivity index (χ0v) is 15.3. The SMILES string of the molecule is Cl.Cl.NC(=NCc1ccc(OC(F)(F)F)cc1)/N=C(/N)N1CC=CCC1. The van der Waals surface area contributed by atoms with Gasteiger partial charge in [0, 0.05) is 13.1 Å². The van der Waals surface area contributed by atoms with Crippen LogP contribution in [0.3, 0.4) is 0 Å². The third-order valence-corrected chi connectivity index (χ3v) is 3.19. The van der Waals surface area contributed by atoms with Gasteiger partial charge in [-0.15, -0.1) is 38.0 Å². The number of rotatable bonds is 3. The third-order valence-electron chi connectivity index (χ3n) is 3.19. The normalized spacial score (nSPS) is 15.1. The van der Waals surface area contributed by atoms with Gasteiger partial charge in [-0.05, 0) is 24.1 Å². The van der Waals surface area contributed by atoms with Crippen molar-refractivity contribution in [2.75, 3.05) is 13.1 Å². The molecule has 0 spiro atoms. The Morgan fingerprint density at radius 3 is 2.31 bits per heavy atom. The van der Waals surface area contributed by atoms with Crippen LogP contribution in [0.1, 0.15) is 12.0 Å². The van der Waals surface area contributed by atoms with Crippen LogP contribution in [0, 0.1) is 0 Å². The van der Waals surface area contributed by atoms with Gasteiger partial charge in [0.15, 0.2) is 5.96 Å². The summed E-state index contributed by atoms with van der Waals surface area (Å²) in [6.45, 7) is 1.61. The van der Waals surface area contributed by atoms with Crippen LogP contribution in [0.25, 0.3) is 0 Å². The molecule has 1 aromatic rings. The Bertz CT molecular complexity index is 648. The molecule has 0 saturated heterocycles. The largest absolute Gasteiger partial charge is 0.573 e. The van der Waals surface area contributed by atoms with Gasteiger partial charge < -0.3 is 21.1 Å². The Labute approximate surface area is 161 Å². The van der Waals surface area contributed by atoms with Crippen molar-refractivity contribution < 1.29 is 17.9 Å². The van der Waals surface area contributed by atoms with Crippen LogP contribution in [-0.2, 0) is 6.54 Å². The molecule has 26 heavy (non-hydrogen) atoms. The van der Waals surface area contributed by atoms with Gasteiger partial charge in [0.05, 0.1) is 6.54 Å². The van der Waals surface area contributed by atoms with Gasteiger partial charge in [-0.2, -0.15) is 4.99 Å². The van der Waals surface area contributed by atoms with Crippen molar-refractivity contribution in [1.82, 2.24) is 4.90 Å². The van der Waals surface area contributed by atoms with Gasteiger partial charge in [0.2, 0.25) is 5.96 Å². The lowest BCUT2D eigenvalue weighted by atomic mass is 10.2. The predicted octanol–water partition coefficient (Wildman–Crippen LogP) is 2.82. The van der Waals surface area contributed by atoms with Crippen LogP contribution in [0.2, 0.25) is 0 Å². The number of ether oxygens (including phenoxy) is 1. The van der Waals surface area contributed by atoms with E-state index < -0.39 is 6.36 Å². The molecule has 6 nitrogen and oxygen atoms in total. The number of aliphatic imine (C=N–C) groups is 2. The number of nitrogens with zero attached hydrogens (tertiary/aromatic N) is 3. The lowest BCUT2D eigenvalue weighted by Crippen LogP contribution is -2.40. The van der Waals surface area contributed by atoms with Crippen molar-refractivity contribution in [2.45, 2.75) is 19.3 Å². The number of alkyl halides is 3. The standard InChI is InChI=1S/C15H18F3N5O.2ClH/c16-15(17,18)24-12-6-4-11(5-7-12)10-21-13(19)22-14(20)23-8-2-1-3-9-23;;/h1-2,4-7H,3,8-10H2,(H4,19,20,21,22);2*1H. The fourth-order valence-electron chi connectivity index (χ4n) is 2.04. The van der Waals surface area contributed by atoms with Crippen molar-refractivity contribution in [3.63, 3.8) is 0 Å². The van der Waals surface area contributed by atoms with Crippen molar-refractivity contribution in [1.29, 1.82) is 0 Å². The first-order valence-corrected chi connectivity index (χ1v) is 7.22. The maximum absolute atomic E-state index is 12.1. The van der Waals surface area contributed by atoms with E-state index in [1.165, 1.54) is 24.3 Å². The monoisotopic (exact) mass is 413 g/mol. The molecule has 0 aliphatic carbocycles. The summed E-state index contributed by atoms with van der Waals surface area (Å²) < 4.78 is 40.0. The van der Waals surface area contributed by atoms with Crippen molar-refractivity contribution in [2.24, 2.45) is 21.5 Å². The average molecular weight is 414 g/mol. The second kappa shape index (κ2) is 10.8. The van der Waals surface area contributed by atoms with E-state index in [1.807, 2.05) is 11.0 Å². The molecule has 0 saturated carbocycles. The Kier molecular flexibility index (Phi) is 9.89. The maximum atomic E-state index is 12.1. The molecule has 0 fully saturated rings. The van der Waals surface area contributed by atoms with E-state index >= 15 is 0 Å². The molecular weight excluding hydrogens is 394 g/mol. The zero-order chi connectivity index (χ0) is 17.6. The quantitative estimate of drug-likeness (QED) is 0.452. The minimum Gasteiger partial charge on any atom is -0.406 e. The maximum Gasteiger partial charge on any atom is 0.573 e. The number of halogens is 5. The van der Waals surface area contributed by atoms with Crippen LogP contribution in [0.4, 0.5) is 13.2 Å². The Morgan fingerprint density at radius 2 is 1.77 bits per heavy atom. The van der Waals surface area contributed by atoms with Crippen LogP contribution in [-0.4, -0.2) is 36.3 Å². The molecule has 1 aliphatic rings. The topological polar surface area (TPSA) is 89.2 Å². The fraction of sp³-hybridized carbons (Fsp3) is 0.333. The second-order valence-electron chi connectivity index (χ2n) is 5.04. The highest BCUT2D eigenvalue weighted by atomic mass is 35.5. The highest BCUT2D eigenvalue weighted by Gasteiger charge is 2.30. The predicted molar refractivity (Wildman–Crippen MR) is 99.9 cm³/mol. The number of guanidine groups is 2.